The van der Waals surface area contributed by atoms with E-state index in [0.717, 1.165) is 6.33 Å². The zero-order valence-electron chi connectivity index (χ0n) is 16.2. The normalized spacial score (nSPS) is 29.4. The highest BCUT2D eigenvalue weighted by atomic mass is 31.3. The Balaban J connectivity index is 1.80. The number of phosphoric ester groups is 1. The molecule has 1 aliphatic rings. The number of nitriles is 1. The summed E-state index contributed by atoms with van der Waals surface area (Å²) in [5.41, 5.74) is 4.46. The number of aromatic nitrogens is 3. The van der Waals surface area contributed by atoms with Crippen molar-refractivity contribution in [1.29, 1.82) is 5.26 Å². The molecule has 0 aromatic carbocycles. The second-order valence-corrected chi connectivity index (χ2v) is 11.5. The summed E-state index contributed by atoms with van der Waals surface area (Å²) in [7, 11) is -16.7. The average Bonchev–Trinajstić information content (AvgIpc) is 3.20. The van der Waals surface area contributed by atoms with Crippen molar-refractivity contribution in [2.45, 2.75) is 24.0 Å². The van der Waals surface area contributed by atoms with Crippen LogP contribution in [0.4, 0.5) is 5.82 Å². The van der Waals surface area contributed by atoms with E-state index in [1.165, 1.54) is 16.6 Å². The number of hydrogen-bond donors (Lipinski definition) is 7. The van der Waals surface area contributed by atoms with E-state index < -0.39 is 53.6 Å². The van der Waals surface area contributed by atoms with Crippen LogP contribution in [0.15, 0.2) is 18.5 Å². The summed E-state index contributed by atoms with van der Waals surface area (Å²) in [5.74, 6) is -1.09. The number of aliphatic hydroxyl groups is 2. The first-order valence-corrected chi connectivity index (χ1v) is 13.3. The molecule has 1 saturated carbocycles. The van der Waals surface area contributed by atoms with Crippen LogP contribution in [0, 0.1) is 17.2 Å². The molecule has 5 unspecified atom stereocenters. The number of aliphatic hydroxyl groups excluding tert-OH is 2. The Bertz CT molecular complexity index is 1240. The largest absolute Gasteiger partial charge is 0.490 e. The Kier molecular flexibility index (Phi) is 6.89. The van der Waals surface area contributed by atoms with Crippen molar-refractivity contribution < 1.29 is 56.6 Å². The van der Waals surface area contributed by atoms with E-state index in [-0.39, 0.29) is 17.9 Å². The first-order chi connectivity index (χ1) is 15.1. The SMILES string of the molecule is N#C[C@@]1(c2ccc3c(N)ncnn23)CC(COP(=O)(O)OP(=O)(O)OP(=O)(O)O)C(O)C1O. The van der Waals surface area contributed by atoms with Crippen molar-refractivity contribution in [2.24, 2.45) is 5.92 Å². The number of fused-ring (bicyclic) bond motifs is 1. The zero-order chi connectivity index (χ0) is 24.8. The van der Waals surface area contributed by atoms with Crippen LogP contribution in [0.2, 0.25) is 0 Å². The summed E-state index contributed by atoms with van der Waals surface area (Å²) < 4.78 is 47.0. The number of rotatable bonds is 8. The highest BCUT2D eigenvalue weighted by Gasteiger charge is 2.56. The van der Waals surface area contributed by atoms with Crippen LogP contribution < -0.4 is 5.73 Å². The molecule has 6 atom stereocenters. The van der Waals surface area contributed by atoms with Gasteiger partial charge in [0.15, 0.2) is 5.82 Å². The van der Waals surface area contributed by atoms with Gasteiger partial charge in [0.05, 0.1) is 24.5 Å². The van der Waals surface area contributed by atoms with Gasteiger partial charge >= 0.3 is 23.5 Å². The molecule has 0 spiro atoms. The summed E-state index contributed by atoms with van der Waals surface area (Å²) in [6.45, 7) is -0.869. The maximum Gasteiger partial charge on any atom is 0.490 e. The van der Waals surface area contributed by atoms with Crippen molar-refractivity contribution in [3.63, 3.8) is 0 Å². The first-order valence-electron chi connectivity index (χ1n) is 8.75. The maximum atomic E-state index is 11.9. The van der Waals surface area contributed by atoms with Gasteiger partial charge in [0.2, 0.25) is 0 Å². The molecule has 182 valence electrons. The van der Waals surface area contributed by atoms with E-state index in [2.05, 4.69) is 23.2 Å². The molecular weight excluding hydrogens is 511 g/mol. The predicted octanol–water partition coefficient (Wildman–Crippen LogP) is -0.842. The van der Waals surface area contributed by atoms with E-state index in [9.17, 15) is 39.0 Å². The molecule has 20 heteroatoms. The lowest BCUT2D eigenvalue weighted by Crippen LogP contribution is -2.40. The van der Waals surface area contributed by atoms with Gasteiger partial charge in [-0.15, -0.1) is 0 Å². The minimum atomic E-state index is -5.72. The van der Waals surface area contributed by atoms with E-state index in [0.29, 0.717) is 5.52 Å². The minimum absolute atomic E-state index is 0.0848. The van der Waals surface area contributed by atoms with Gasteiger partial charge in [0.25, 0.3) is 0 Å². The van der Waals surface area contributed by atoms with E-state index in [1.807, 2.05) is 6.07 Å². The number of phosphoric acid groups is 3. The van der Waals surface area contributed by atoms with E-state index in [1.54, 1.807) is 0 Å². The summed E-state index contributed by atoms with van der Waals surface area (Å²) in [4.78, 5) is 39.7. The Labute approximate surface area is 184 Å². The van der Waals surface area contributed by atoms with E-state index >= 15 is 0 Å². The third kappa shape index (κ3) is 5.33. The number of nitrogen functional groups attached to an aromatic ring is 1. The van der Waals surface area contributed by atoms with Crippen LogP contribution in [-0.4, -0.2) is 63.2 Å². The molecule has 1 fully saturated rings. The standard InChI is InChI=1S/C13H18N5O12P3/c14-5-13(9-2-1-8-12(15)16-6-17-18(8)9)3-7(10(19)11(13)20)4-28-32(24,25)30-33(26,27)29-31(21,22)23/h1-2,6-7,10-11,19-20H,3-4H2,(H,24,25)(H,26,27)(H2,15,16,17)(H2,21,22,23)/t7?,10?,11?,13-/m1/s1. The van der Waals surface area contributed by atoms with Crippen LogP contribution >= 0.6 is 23.5 Å². The van der Waals surface area contributed by atoms with Crippen molar-refractivity contribution in [2.75, 3.05) is 12.3 Å². The average molecular weight is 529 g/mol. The molecule has 2 aromatic rings. The Morgan fingerprint density at radius 3 is 2.45 bits per heavy atom. The minimum Gasteiger partial charge on any atom is -0.390 e. The lowest BCUT2D eigenvalue weighted by Gasteiger charge is -2.25. The summed E-state index contributed by atoms with van der Waals surface area (Å²) in [6.07, 6.45) is -2.59. The van der Waals surface area contributed by atoms with Crippen molar-refractivity contribution in [3.05, 3.63) is 24.2 Å². The van der Waals surface area contributed by atoms with Gasteiger partial charge in [-0.3, -0.25) is 4.52 Å². The molecule has 0 bridgehead atoms. The van der Waals surface area contributed by atoms with Gasteiger partial charge in [-0.05, 0) is 18.6 Å². The van der Waals surface area contributed by atoms with Crippen LogP contribution in [0.25, 0.3) is 5.52 Å². The van der Waals surface area contributed by atoms with Crippen molar-refractivity contribution >= 4 is 34.8 Å². The molecule has 1 aliphatic carbocycles. The smallest absolute Gasteiger partial charge is 0.390 e. The maximum absolute atomic E-state index is 11.9. The Hall–Kier alpha value is -1.76. The van der Waals surface area contributed by atoms with Crippen LogP contribution in [-0.2, 0) is 32.3 Å². The van der Waals surface area contributed by atoms with Gasteiger partial charge in [-0.25, -0.2) is 23.2 Å². The van der Waals surface area contributed by atoms with Gasteiger partial charge in [-0.1, -0.05) is 0 Å². The molecule has 0 saturated heterocycles. The topological polar surface area (TPSA) is 280 Å². The van der Waals surface area contributed by atoms with Crippen molar-refractivity contribution in [1.82, 2.24) is 14.6 Å². The van der Waals surface area contributed by atoms with E-state index in [4.69, 9.17) is 15.5 Å². The predicted molar refractivity (Wildman–Crippen MR) is 105 cm³/mol. The molecule has 0 aliphatic heterocycles. The second kappa shape index (κ2) is 8.79. The monoisotopic (exact) mass is 529 g/mol. The highest BCUT2D eigenvalue weighted by Crippen LogP contribution is 2.66. The molecule has 8 N–H and O–H groups in total. The summed E-state index contributed by atoms with van der Waals surface area (Å²) >= 11 is 0. The molecule has 2 aromatic heterocycles. The van der Waals surface area contributed by atoms with Gasteiger partial charge < -0.3 is 35.5 Å². The number of nitrogens with two attached hydrogens (primary N) is 1. The molecule has 0 amide bonds. The Morgan fingerprint density at radius 1 is 1.18 bits per heavy atom. The third-order valence-corrected chi connectivity index (χ3v) is 8.70. The fraction of sp³-hybridized carbons (Fsp3) is 0.462. The quantitative estimate of drug-likeness (QED) is 0.205. The Morgan fingerprint density at radius 2 is 1.85 bits per heavy atom. The first kappa shape index (κ1) is 25.9. The van der Waals surface area contributed by atoms with Gasteiger partial charge in [0, 0.05) is 5.92 Å². The molecule has 17 nitrogen and oxygen atoms in total. The van der Waals surface area contributed by atoms with Gasteiger partial charge in [0.1, 0.15) is 23.4 Å². The molecule has 3 rings (SSSR count). The molecule has 2 heterocycles. The number of nitrogens with zero attached hydrogens (tertiary/aromatic N) is 4. The highest BCUT2D eigenvalue weighted by molar-refractivity contribution is 7.66. The zero-order valence-corrected chi connectivity index (χ0v) is 18.9. The third-order valence-electron chi connectivity index (χ3n) is 4.90. The fourth-order valence-electron chi connectivity index (χ4n) is 3.57. The molecule has 0 radical (unpaired) electrons. The number of anilines is 1. The number of hydrogen-bond acceptors (Lipinski definition) is 12. The summed E-state index contributed by atoms with van der Waals surface area (Å²) in [6, 6.07) is 4.84. The van der Waals surface area contributed by atoms with Crippen LogP contribution in [0.5, 0.6) is 0 Å². The van der Waals surface area contributed by atoms with Crippen LogP contribution in [0.3, 0.4) is 0 Å². The lowest BCUT2D eigenvalue weighted by molar-refractivity contribution is -0.00608. The van der Waals surface area contributed by atoms with Gasteiger partial charge in [-0.2, -0.15) is 19.0 Å². The molecule has 33 heavy (non-hydrogen) atoms. The lowest BCUT2D eigenvalue weighted by atomic mass is 9.81. The fourth-order valence-corrected chi connectivity index (χ4v) is 6.65. The second-order valence-electron chi connectivity index (χ2n) is 7.03. The molecular formula is C13H18N5O12P3. The van der Waals surface area contributed by atoms with Crippen molar-refractivity contribution in [3.8, 4) is 6.07 Å². The van der Waals surface area contributed by atoms with Crippen LogP contribution in [0.1, 0.15) is 12.1 Å². The summed E-state index contributed by atoms with van der Waals surface area (Å²) in [5, 5.41) is 35.0.